The molecule has 1 unspecified atom stereocenters. The molecule has 0 saturated heterocycles. The van der Waals surface area contributed by atoms with E-state index in [9.17, 15) is 23.2 Å². The second-order valence-corrected chi connectivity index (χ2v) is 8.96. The molecule has 0 aromatic heterocycles. The molecule has 0 bridgehead atoms. The quantitative estimate of drug-likeness (QED) is 0.182. The molecule has 1 atom stereocenters. The third-order valence-electron chi connectivity index (χ3n) is 4.70. The van der Waals surface area contributed by atoms with E-state index in [2.05, 4.69) is 0 Å². The van der Waals surface area contributed by atoms with Crippen molar-refractivity contribution in [2.45, 2.75) is 91.4 Å². The summed E-state index contributed by atoms with van der Waals surface area (Å²) in [6, 6.07) is 0. The fourth-order valence-electron chi connectivity index (χ4n) is 3.51. The van der Waals surface area contributed by atoms with Gasteiger partial charge >= 0.3 is 14.0 Å². The van der Waals surface area contributed by atoms with Crippen molar-refractivity contribution in [3.05, 3.63) is 11.1 Å². The largest absolute Gasteiger partial charge is 0.505 e. The summed E-state index contributed by atoms with van der Waals surface area (Å²) in [7, 11) is -2.03. The van der Waals surface area contributed by atoms with Gasteiger partial charge in [-0.1, -0.05) is 59.8 Å². The molecule has 0 rings (SSSR count). The standard InChI is InChI=1S/C20H35F2O4P/c1-15(2)17(16(3)4)18(19(23)24)20(21,22)13-11-9-7-5-6-8-10-12-14-27(25)26/h15-16H,5-14H2,1-4H3,(H-,23,24,25,26)/p+1. The summed E-state index contributed by atoms with van der Waals surface area (Å²) in [4.78, 5) is 20.2. The van der Waals surface area contributed by atoms with Crippen molar-refractivity contribution in [1.82, 2.24) is 0 Å². The zero-order chi connectivity index (χ0) is 21.0. The van der Waals surface area contributed by atoms with Crippen LogP contribution in [-0.4, -0.2) is 28.1 Å². The second-order valence-electron chi connectivity index (χ2n) is 7.80. The van der Waals surface area contributed by atoms with Crippen LogP contribution in [0.25, 0.3) is 0 Å². The van der Waals surface area contributed by atoms with Crippen molar-refractivity contribution in [3.8, 4) is 0 Å². The number of hydrogen-bond acceptors (Lipinski definition) is 2. The van der Waals surface area contributed by atoms with Gasteiger partial charge in [-0.2, -0.15) is 4.89 Å². The van der Waals surface area contributed by atoms with Crippen LogP contribution >= 0.6 is 8.03 Å². The van der Waals surface area contributed by atoms with Gasteiger partial charge in [-0.05, 0) is 41.2 Å². The van der Waals surface area contributed by atoms with Crippen LogP contribution in [0.2, 0.25) is 0 Å². The van der Waals surface area contributed by atoms with Crippen LogP contribution in [-0.2, 0) is 9.36 Å². The Morgan fingerprint density at radius 1 is 0.889 bits per heavy atom. The highest BCUT2D eigenvalue weighted by Gasteiger charge is 2.41. The van der Waals surface area contributed by atoms with E-state index in [1.54, 1.807) is 27.7 Å². The number of unbranched alkanes of at least 4 members (excludes halogenated alkanes) is 7. The molecule has 0 aliphatic heterocycles. The van der Waals surface area contributed by atoms with Gasteiger partial charge in [0.25, 0.3) is 5.92 Å². The summed E-state index contributed by atoms with van der Waals surface area (Å²) in [5.74, 6) is -5.28. The summed E-state index contributed by atoms with van der Waals surface area (Å²) in [6.07, 6.45) is 6.30. The van der Waals surface area contributed by atoms with E-state index in [-0.39, 0.29) is 11.8 Å². The van der Waals surface area contributed by atoms with Crippen LogP contribution in [0.4, 0.5) is 8.78 Å². The van der Waals surface area contributed by atoms with Crippen LogP contribution in [0.5, 0.6) is 0 Å². The topological polar surface area (TPSA) is 74.6 Å². The van der Waals surface area contributed by atoms with Crippen LogP contribution in [0, 0.1) is 11.8 Å². The first-order chi connectivity index (χ1) is 12.5. The molecule has 0 heterocycles. The number of carbonyl (C=O) groups is 1. The van der Waals surface area contributed by atoms with E-state index in [4.69, 9.17) is 4.89 Å². The predicted octanol–water partition coefficient (Wildman–Crippen LogP) is 6.56. The van der Waals surface area contributed by atoms with E-state index < -0.39 is 31.9 Å². The molecular formula is C20H36F2O4P+. The second kappa shape index (κ2) is 13.3. The summed E-state index contributed by atoms with van der Waals surface area (Å²) in [6.45, 7) is 7.03. The normalized spacial score (nSPS) is 12.6. The Morgan fingerprint density at radius 3 is 1.67 bits per heavy atom. The lowest BCUT2D eigenvalue weighted by atomic mass is 9.84. The average molecular weight is 409 g/mol. The molecular weight excluding hydrogens is 373 g/mol. The predicted molar refractivity (Wildman–Crippen MR) is 106 cm³/mol. The first kappa shape index (κ1) is 26.1. The van der Waals surface area contributed by atoms with Crippen molar-refractivity contribution in [2.24, 2.45) is 11.8 Å². The minimum atomic E-state index is -3.31. The average Bonchev–Trinajstić information content (AvgIpc) is 2.52. The molecule has 158 valence electrons. The molecule has 0 aliphatic rings. The zero-order valence-corrected chi connectivity index (χ0v) is 18.0. The zero-order valence-electron chi connectivity index (χ0n) is 17.1. The first-order valence-corrected chi connectivity index (χ1v) is 11.4. The molecule has 27 heavy (non-hydrogen) atoms. The van der Waals surface area contributed by atoms with Gasteiger partial charge in [0.05, 0.1) is 0 Å². The summed E-state index contributed by atoms with van der Waals surface area (Å²) in [5.41, 5.74) is -0.383. The van der Waals surface area contributed by atoms with Crippen molar-refractivity contribution in [1.29, 1.82) is 0 Å². The molecule has 0 saturated carbocycles. The fourth-order valence-corrected chi connectivity index (χ4v) is 4.01. The van der Waals surface area contributed by atoms with Crippen molar-refractivity contribution < 1.29 is 28.1 Å². The number of allylic oxidation sites excluding steroid dienone is 1. The third-order valence-corrected chi connectivity index (χ3v) is 5.40. The van der Waals surface area contributed by atoms with Crippen molar-refractivity contribution >= 4 is 14.0 Å². The Hall–Kier alpha value is -0.870. The molecule has 0 spiro atoms. The van der Waals surface area contributed by atoms with Crippen LogP contribution in [0.3, 0.4) is 0 Å². The number of aliphatic carboxylic acids is 1. The monoisotopic (exact) mass is 409 g/mol. The maximum atomic E-state index is 14.6. The molecule has 7 heteroatoms. The lowest BCUT2D eigenvalue weighted by Gasteiger charge is -2.25. The van der Waals surface area contributed by atoms with Crippen molar-refractivity contribution in [2.75, 3.05) is 6.16 Å². The summed E-state index contributed by atoms with van der Waals surface area (Å²) >= 11 is 0. The Bertz CT molecular complexity index is 492. The molecule has 0 radical (unpaired) electrons. The van der Waals surface area contributed by atoms with Gasteiger partial charge in [0.2, 0.25) is 0 Å². The number of hydrogen-bond donors (Lipinski definition) is 2. The van der Waals surface area contributed by atoms with Gasteiger partial charge in [-0.3, -0.25) is 0 Å². The third kappa shape index (κ3) is 10.9. The number of carboxylic acid groups (broad SMARTS) is 1. The highest BCUT2D eigenvalue weighted by molar-refractivity contribution is 7.37. The molecule has 2 N–H and O–H groups in total. The smallest absolute Gasteiger partial charge is 0.478 e. The SMILES string of the molecule is CC(C)C(=C(C(=O)O)C(F)(F)CCCCCCCCCC[P+](=O)O)C(C)C. The van der Waals surface area contributed by atoms with Gasteiger partial charge in [-0.15, -0.1) is 0 Å². The highest BCUT2D eigenvalue weighted by atomic mass is 31.1. The molecule has 0 aromatic rings. The van der Waals surface area contributed by atoms with Gasteiger partial charge < -0.3 is 5.11 Å². The Kier molecular flexibility index (Phi) is 12.9. The lowest BCUT2D eigenvalue weighted by Crippen LogP contribution is -2.29. The van der Waals surface area contributed by atoms with Gasteiger partial charge in [0, 0.05) is 6.42 Å². The molecule has 0 aromatic carbocycles. The minimum Gasteiger partial charge on any atom is -0.478 e. The van der Waals surface area contributed by atoms with Gasteiger partial charge in [0.15, 0.2) is 6.16 Å². The first-order valence-electron chi connectivity index (χ1n) is 9.99. The number of alkyl halides is 2. The Labute approximate surface area is 163 Å². The number of carboxylic acids is 1. The van der Waals surface area contributed by atoms with E-state index >= 15 is 0 Å². The van der Waals surface area contributed by atoms with Crippen LogP contribution in [0.15, 0.2) is 11.1 Å². The molecule has 0 aliphatic carbocycles. The maximum absolute atomic E-state index is 14.6. The van der Waals surface area contributed by atoms with E-state index in [1.807, 2.05) is 0 Å². The van der Waals surface area contributed by atoms with E-state index in [0.717, 1.165) is 38.5 Å². The molecule has 4 nitrogen and oxygen atoms in total. The van der Waals surface area contributed by atoms with Crippen molar-refractivity contribution in [3.63, 3.8) is 0 Å². The minimum absolute atomic E-state index is 0.231. The molecule has 0 amide bonds. The molecule has 0 fully saturated rings. The van der Waals surface area contributed by atoms with Gasteiger partial charge in [-0.25, -0.2) is 13.6 Å². The van der Waals surface area contributed by atoms with E-state index in [1.165, 1.54) is 0 Å². The summed E-state index contributed by atoms with van der Waals surface area (Å²) in [5, 5.41) is 9.38. The van der Waals surface area contributed by atoms with Crippen LogP contribution < -0.4 is 0 Å². The fraction of sp³-hybridized carbons (Fsp3) is 0.850. The van der Waals surface area contributed by atoms with E-state index in [0.29, 0.717) is 24.6 Å². The Morgan fingerprint density at radius 2 is 1.30 bits per heavy atom. The van der Waals surface area contributed by atoms with Gasteiger partial charge in [0.1, 0.15) is 5.57 Å². The highest BCUT2D eigenvalue weighted by Crippen LogP contribution is 2.37. The van der Waals surface area contributed by atoms with Crippen LogP contribution in [0.1, 0.15) is 85.5 Å². The summed E-state index contributed by atoms with van der Waals surface area (Å²) < 4.78 is 39.8. The Balaban J connectivity index is 4.40. The number of halogens is 2. The number of rotatable bonds is 15. The lowest BCUT2D eigenvalue weighted by molar-refractivity contribution is -0.136. The maximum Gasteiger partial charge on any atom is 0.505 e.